The van der Waals surface area contributed by atoms with E-state index >= 15 is 0 Å². The van der Waals surface area contributed by atoms with Gasteiger partial charge in [0.05, 0.1) is 18.2 Å². The zero-order chi connectivity index (χ0) is 16.7. The van der Waals surface area contributed by atoms with Gasteiger partial charge in [-0.05, 0) is 42.6 Å². The number of aliphatic hydroxyl groups excluding tert-OH is 1. The Morgan fingerprint density at radius 3 is 2.75 bits per heavy atom. The molecule has 0 amide bonds. The van der Waals surface area contributed by atoms with Crippen LogP contribution in [0.15, 0.2) is 47.6 Å². The van der Waals surface area contributed by atoms with Crippen molar-refractivity contribution in [3.05, 3.63) is 58.7 Å². The van der Waals surface area contributed by atoms with Crippen molar-refractivity contribution in [2.75, 3.05) is 0 Å². The van der Waals surface area contributed by atoms with Gasteiger partial charge in [0.1, 0.15) is 5.82 Å². The van der Waals surface area contributed by atoms with E-state index in [2.05, 4.69) is 14.6 Å². The zero-order valence-electron chi connectivity index (χ0n) is 13.0. The number of para-hydroxylation sites is 1. The SMILES string of the molecule is [N-]=[N+]=NC1CCCC(n2c3ccccc3c3cc(F)ccc32)C1O. The Morgan fingerprint density at radius 2 is 1.92 bits per heavy atom. The summed E-state index contributed by atoms with van der Waals surface area (Å²) in [4.78, 5) is 2.87. The van der Waals surface area contributed by atoms with Crippen LogP contribution in [0.2, 0.25) is 0 Å². The van der Waals surface area contributed by atoms with Gasteiger partial charge in [0, 0.05) is 26.7 Å². The first-order chi connectivity index (χ1) is 11.7. The van der Waals surface area contributed by atoms with Crippen LogP contribution < -0.4 is 0 Å². The number of fused-ring (bicyclic) bond motifs is 3. The van der Waals surface area contributed by atoms with Crippen molar-refractivity contribution in [1.82, 2.24) is 4.57 Å². The van der Waals surface area contributed by atoms with E-state index in [4.69, 9.17) is 5.53 Å². The summed E-state index contributed by atoms with van der Waals surface area (Å²) >= 11 is 0. The van der Waals surface area contributed by atoms with Crippen LogP contribution in [0.5, 0.6) is 0 Å². The highest BCUT2D eigenvalue weighted by atomic mass is 19.1. The number of nitrogens with zero attached hydrogens (tertiary/aromatic N) is 4. The third-order valence-electron chi connectivity index (χ3n) is 4.99. The molecule has 122 valence electrons. The standard InChI is InChI=1S/C18H17FN4O/c19-11-8-9-16-13(10-11)12-4-1-2-6-15(12)23(16)17-7-3-5-14(18(17)24)21-22-20/h1-2,4,6,8-10,14,17-18,24H,3,5,7H2. The summed E-state index contributed by atoms with van der Waals surface area (Å²) in [5.41, 5.74) is 10.6. The smallest absolute Gasteiger partial charge is 0.123 e. The Balaban J connectivity index is 1.96. The molecule has 3 unspecified atom stereocenters. The van der Waals surface area contributed by atoms with Crippen molar-refractivity contribution >= 4 is 21.8 Å². The second-order valence-corrected chi connectivity index (χ2v) is 6.31. The highest BCUT2D eigenvalue weighted by Gasteiger charge is 2.33. The monoisotopic (exact) mass is 324 g/mol. The molecular weight excluding hydrogens is 307 g/mol. The summed E-state index contributed by atoms with van der Waals surface area (Å²) in [6, 6.07) is 11.9. The fourth-order valence-electron chi connectivity index (χ4n) is 3.94. The minimum Gasteiger partial charge on any atom is -0.391 e. The predicted octanol–water partition coefficient (Wildman–Crippen LogP) is 4.70. The van der Waals surface area contributed by atoms with Gasteiger partial charge in [0.25, 0.3) is 0 Å². The molecule has 5 nitrogen and oxygen atoms in total. The molecule has 1 heterocycles. The van der Waals surface area contributed by atoms with Gasteiger partial charge in [0.2, 0.25) is 0 Å². The summed E-state index contributed by atoms with van der Waals surface area (Å²) in [6.07, 6.45) is 1.61. The minimum absolute atomic E-state index is 0.192. The van der Waals surface area contributed by atoms with Crippen LogP contribution in [0.25, 0.3) is 32.2 Å². The second kappa shape index (κ2) is 5.82. The van der Waals surface area contributed by atoms with E-state index in [9.17, 15) is 9.50 Å². The van der Waals surface area contributed by atoms with Crippen LogP contribution in [-0.2, 0) is 0 Å². The van der Waals surface area contributed by atoms with E-state index in [1.165, 1.54) is 12.1 Å². The lowest BCUT2D eigenvalue weighted by atomic mass is 9.88. The largest absolute Gasteiger partial charge is 0.391 e. The van der Waals surface area contributed by atoms with E-state index in [0.717, 1.165) is 34.6 Å². The van der Waals surface area contributed by atoms with Crippen LogP contribution in [0.1, 0.15) is 25.3 Å². The molecule has 0 aliphatic heterocycles. The zero-order valence-corrected chi connectivity index (χ0v) is 13.0. The Morgan fingerprint density at radius 1 is 1.12 bits per heavy atom. The summed E-state index contributed by atoms with van der Waals surface area (Å²) in [5.74, 6) is -0.276. The van der Waals surface area contributed by atoms with Gasteiger partial charge in [-0.15, -0.1) is 0 Å². The van der Waals surface area contributed by atoms with Crippen LogP contribution in [0.4, 0.5) is 4.39 Å². The van der Waals surface area contributed by atoms with Crippen LogP contribution in [0.3, 0.4) is 0 Å². The van der Waals surface area contributed by atoms with Crippen LogP contribution in [-0.4, -0.2) is 21.8 Å². The number of benzene rings is 2. The van der Waals surface area contributed by atoms with Crippen LogP contribution in [0, 0.1) is 5.82 Å². The molecule has 24 heavy (non-hydrogen) atoms. The average Bonchev–Trinajstić information content (AvgIpc) is 2.91. The number of halogens is 1. The molecule has 4 rings (SSSR count). The lowest BCUT2D eigenvalue weighted by Crippen LogP contribution is -2.37. The van der Waals surface area contributed by atoms with Crippen molar-refractivity contribution in [3.63, 3.8) is 0 Å². The molecule has 2 aromatic carbocycles. The van der Waals surface area contributed by atoms with E-state index in [0.29, 0.717) is 6.42 Å². The molecule has 1 fully saturated rings. The third-order valence-corrected chi connectivity index (χ3v) is 4.99. The molecule has 1 N–H and O–H groups in total. The number of hydrogen-bond acceptors (Lipinski definition) is 2. The molecule has 0 saturated heterocycles. The normalized spacial score (nSPS) is 24.2. The Kier molecular flexibility index (Phi) is 3.63. The lowest BCUT2D eigenvalue weighted by molar-refractivity contribution is 0.0608. The molecule has 0 bridgehead atoms. The number of aliphatic hydroxyl groups is 1. The van der Waals surface area contributed by atoms with Gasteiger partial charge in [-0.3, -0.25) is 0 Å². The molecule has 6 heteroatoms. The second-order valence-electron chi connectivity index (χ2n) is 6.31. The van der Waals surface area contributed by atoms with Crippen molar-refractivity contribution in [1.29, 1.82) is 0 Å². The maximum Gasteiger partial charge on any atom is 0.123 e. The molecule has 1 saturated carbocycles. The number of azide groups is 1. The predicted molar refractivity (Wildman–Crippen MR) is 91.2 cm³/mol. The Labute approximate surface area is 137 Å². The third kappa shape index (κ3) is 2.23. The van der Waals surface area contributed by atoms with Gasteiger partial charge in [-0.25, -0.2) is 4.39 Å². The summed E-state index contributed by atoms with van der Waals surface area (Å²) in [6.45, 7) is 0. The quantitative estimate of drug-likeness (QED) is 0.414. The molecular formula is C18H17FN4O. The van der Waals surface area contributed by atoms with Gasteiger partial charge in [-0.2, -0.15) is 0 Å². The minimum atomic E-state index is -0.751. The van der Waals surface area contributed by atoms with E-state index in [1.807, 2.05) is 24.3 Å². The molecule has 0 spiro atoms. The Bertz CT molecular complexity index is 960. The van der Waals surface area contributed by atoms with Crippen molar-refractivity contribution in [3.8, 4) is 0 Å². The van der Waals surface area contributed by atoms with E-state index < -0.39 is 12.1 Å². The highest BCUT2D eigenvalue weighted by molar-refractivity contribution is 6.08. The molecule has 3 aromatic rings. The number of hydrogen-bond donors (Lipinski definition) is 1. The molecule has 0 radical (unpaired) electrons. The first-order valence-corrected chi connectivity index (χ1v) is 8.11. The van der Waals surface area contributed by atoms with E-state index in [-0.39, 0.29) is 11.9 Å². The summed E-state index contributed by atoms with van der Waals surface area (Å²) < 4.78 is 15.8. The molecule has 3 atom stereocenters. The number of aromatic nitrogens is 1. The van der Waals surface area contributed by atoms with Gasteiger partial charge < -0.3 is 9.67 Å². The molecule has 1 aliphatic carbocycles. The van der Waals surface area contributed by atoms with Crippen molar-refractivity contribution < 1.29 is 9.50 Å². The first kappa shape index (κ1) is 15.0. The van der Waals surface area contributed by atoms with Gasteiger partial charge >= 0.3 is 0 Å². The maximum atomic E-state index is 13.7. The fraction of sp³-hybridized carbons (Fsp3) is 0.333. The fourth-order valence-corrected chi connectivity index (χ4v) is 3.94. The maximum absolute atomic E-state index is 13.7. The van der Waals surface area contributed by atoms with Crippen LogP contribution >= 0.6 is 0 Å². The molecule has 1 aliphatic rings. The molecule has 1 aromatic heterocycles. The van der Waals surface area contributed by atoms with Crippen molar-refractivity contribution in [2.24, 2.45) is 5.11 Å². The summed E-state index contributed by atoms with van der Waals surface area (Å²) in [7, 11) is 0. The van der Waals surface area contributed by atoms with Gasteiger partial charge in [-0.1, -0.05) is 29.7 Å². The average molecular weight is 324 g/mol. The van der Waals surface area contributed by atoms with Gasteiger partial charge in [0.15, 0.2) is 0 Å². The summed E-state index contributed by atoms with van der Waals surface area (Å²) in [5, 5.41) is 16.3. The van der Waals surface area contributed by atoms with Crippen molar-refractivity contribution in [2.45, 2.75) is 37.5 Å². The topological polar surface area (TPSA) is 73.9 Å². The Hall–Kier alpha value is -2.56. The van der Waals surface area contributed by atoms with E-state index in [1.54, 1.807) is 6.07 Å². The highest BCUT2D eigenvalue weighted by Crippen LogP contribution is 2.38. The number of rotatable bonds is 2. The lowest BCUT2D eigenvalue weighted by Gasteiger charge is -2.34. The first-order valence-electron chi connectivity index (χ1n) is 8.11.